The fourth-order valence-corrected chi connectivity index (χ4v) is 3.81. The minimum atomic E-state index is -1.16. The van der Waals surface area contributed by atoms with E-state index in [2.05, 4.69) is 16.1 Å². The Morgan fingerprint density at radius 1 is 1.09 bits per heavy atom. The number of rotatable bonds is 10. The number of halogens is 1. The summed E-state index contributed by atoms with van der Waals surface area (Å²) in [6, 6.07) is 15.7. The molecule has 0 bridgehead atoms. The third-order valence-electron chi connectivity index (χ3n) is 5.43. The Morgan fingerprint density at radius 2 is 1.97 bits per heavy atom. The van der Waals surface area contributed by atoms with Crippen molar-refractivity contribution in [3.8, 4) is 11.5 Å². The molecule has 0 aliphatic carbocycles. The number of β-amino-alcohol motifs (C(OH)–C–C–N with tert-alkyl or cyclic N) is 1. The molecule has 2 aromatic carbocycles. The Balaban J connectivity index is 1.28. The van der Waals surface area contributed by atoms with Gasteiger partial charge in [-0.15, -0.1) is 0 Å². The highest BCUT2D eigenvalue weighted by molar-refractivity contribution is 5.28. The van der Waals surface area contributed by atoms with Gasteiger partial charge in [-0.05, 0) is 48.0 Å². The molecule has 7 nitrogen and oxygen atoms in total. The second-order valence-corrected chi connectivity index (χ2v) is 8.35. The molecule has 0 amide bonds. The van der Waals surface area contributed by atoms with Crippen LogP contribution < -0.4 is 9.47 Å². The molecule has 1 atom stereocenters. The highest BCUT2D eigenvalue weighted by Crippen LogP contribution is 2.20. The number of hydrogen-bond donors (Lipinski definition) is 1. The molecule has 1 N–H and O–H groups in total. The molecule has 2 heterocycles. The number of benzene rings is 2. The van der Waals surface area contributed by atoms with Crippen molar-refractivity contribution in [3.63, 3.8) is 0 Å². The van der Waals surface area contributed by atoms with Gasteiger partial charge in [0.25, 0.3) is 0 Å². The van der Waals surface area contributed by atoms with Crippen LogP contribution in [0.3, 0.4) is 0 Å². The second-order valence-electron chi connectivity index (χ2n) is 8.35. The molecule has 3 aromatic rings. The van der Waals surface area contributed by atoms with Crippen LogP contribution in [0.15, 0.2) is 67.0 Å². The summed E-state index contributed by atoms with van der Waals surface area (Å²) in [5, 5.41) is 15.3. The molecule has 0 spiro atoms. The van der Waals surface area contributed by atoms with Gasteiger partial charge in [0, 0.05) is 45.0 Å². The van der Waals surface area contributed by atoms with Gasteiger partial charge in [0.1, 0.15) is 29.5 Å². The third-order valence-corrected chi connectivity index (χ3v) is 5.43. The molecule has 176 valence electrons. The summed E-state index contributed by atoms with van der Waals surface area (Å²) >= 11 is 0. The molecule has 8 heteroatoms. The maximum Gasteiger partial charge on any atom is 0.134 e. The van der Waals surface area contributed by atoms with E-state index in [1.165, 1.54) is 12.1 Å². The van der Waals surface area contributed by atoms with E-state index in [1.807, 2.05) is 35.1 Å². The first kappa shape index (κ1) is 23.2. The van der Waals surface area contributed by atoms with Gasteiger partial charge in [0.15, 0.2) is 0 Å². The van der Waals surface area contributed by atoms with Crippen molar-refractivity contribution in [2.45, 2.75) is 25.1 Å². The van der Waals surface area contributed by atoms with Gasteiger partial charge in [0.2, 0.25) is 0 Å². The van der Waals surface area contributed by atoms with E-state index in [0.717, 1.165) is 24.3 Å². The maximum absolute atomic E-state index is 13.1. The van der Waals surface area contributed by atoms with E-state index in [-0.39, 0.29) is 19.0 Å². The van der Waals surface area contributed by atoms with E-state index >= 15 is 0 Å². The molecule has 1 saturated heterocycles. The Hall–Kier alpha value is -2.94. The molecule has 0 unspecified atom stereocenters. The zero-order valence-corrected chi connectivity index (χ0v) is 18.6. The van der Waals surface area contributed by atoms with Crippen molar-refractivity contribution in [2.75, 3.05) is 39.5 Å². The van der Waals surface area contributed by atoms with Gasteiger partial charge < -0.3 is 19.3 Å². The Labute approximate surface area is 193 Å². The summed E-state index contributed by atoms with van der Waals surface area (Å²) in [6.07, 6.45) is 4.59. The summed E-state index contributed by atoms with van der Waals surface area (Å²) in [7, 11) is 0. The smallest absolute Gasteiger partial charge is 0.134 e. The molecule has 1 aliphatic heterocycles. The predicted octanol–water partition coefficient (Wildman–Crippen LogP) is 3.13. The largest absolute Gasteiger partial charge is 0.494 e. The van der Waals surface area contributed by atoms with Crippen LogP contribution in [0.2, 0.25) is 0 Å². The fraction of sp³-hybridized carbons (Fsp3) is 0.400. The summed E-state index contributed by atoms with van der Waals surface area (Å²) in [4.78, 5) is 2.15. The van der Waals surface area contributed by atoms with Crippen molar-refractivity contribution in [2.24, 2.45) is 0 Å². The minimum absolute atomic E-state index is 0.0640. The van der Waals surface area contributed by atoms with Crippen molar-refractivity contribution >= 4 is 0 Å². The van der Waals surface area contributed by atoms with Crippen molar-refractivity contribution in [1.82, 2.24) is 14.7 Å². The standard InChI is InChI=1S/C25H30FN3O4/c26-22-6-8-23(9-7-22)33-20-25(30)18-28(13-15-31-19-25)17-21-4-1-5-24(16-21)32-14-3-12-29-11-2-10-27-29/h1-2,4-11,16,30H,3,12-15,17-20H2/t25-/m0/s1. The molecule has 1 fully saturated rings. The lowest BCUT2D eigenvalue weighted by Crippen LogP contribution is -2.48. The molecule has 0 radical (unpaired) electrons. The average Bonchev–Trinajstić information content (AvgIpc) is 3.26. The lowest BCUT2D eigenvalue weighted by atomic mass is 10.1. The van der Waals surface area contributed by atoms with E-state index in [4.69, 9.17) is 14.2 Å². The topological polar surface area (TPSA) is 69.0 Å². The zero-order chi connectivity index (χ0) is 22.9. The molecule has 4 rings (SSSR count). The number of nitrogens with zero attached hydrogens (tertiary/aromatic N) is 3. The summed E-state index contributed by atoms with van der Waals surface area (Å²) in [5.74, 6) is 1.01. The predicted molar refractivity (Wildman–Crippen MR) is 122 cm³/mol. The van der Waals surface area contributed by atoms with Crippen LogP contribution in [0.25, 0.3) is 0 Å². The summed E-state index contributed by atoms with van der Waals surface area (Å²) < 4.78 is 32.3. The number of ether oxygens (including phenoxy) is 3. The lowest BCUT2D eigenvalue weighted by Gasteiger charge is -2.30. The number of hydrogen-bond acceptors (Lipinski definition) is 6. The van der Waals surface area contributed by atoms with Gasteiger partial charge in [-0.25, -0.2) is 4.39 Å². The third kappa shape index (κ3) is 7.28. The van der Waals surface area contributed by atoms with Gasteiger partial charge in [-0.2, -0.15) is 5.10 Å². The highest BCUT2D eigenvalue weighted by atomic mass is 19.1. The average molecular weight is 456 g/mol. The van der Waals surface area contributed by atoms with Gasteiger partial charge >= 0.3 is 0 Å². The van der Waals surface area contributed by atoms with E-state index < -0.39 is 5.60 Å². The Bertz CT molecular complexity index is 984. The molecule has 0 saturated carbocycles. The van der Waals surface area contributed by atoms with Crippen LogP contribution in [0.5, 0.6) is 11.5 Å². The summed E-state index contributed by atoms with van der Waals surface area (Å²) in [5.41, 5.74) is -0.0610. The fourth-order valence-electron chi connectivity index (χ4n) is 3.81. The van der Waals surface area contributed by atoms with Crippen LogP contribution in [0.1, 0.15) is 12.0 Å². The monoisotopic (exact) mass is 455 g/mol. The Kier molecular flexibility index (Phi) is 7.93. The quantitative estimate of drug-likeness (QED) is 0.474. The van der Waals surface area contributed by atoms with Gasteiger partial charge in [-0.1, -0.05) is 12.1 Å². The lowest BCUT2D eigenvalue weighted by molar-refractivity contribution is -0.0646. The van der Waals surface area contributed by atoms with Gasteiger partial charge in [0.05, 0.1) is 19.8 Å². The molecular formula is C25H30FN3O4. The molecule has 33 heavy (non-hydrogen) atoms. The van der Waals surface area contributed by atoms with Gasteiger partial charge in [-0.3, -0.25) is 9.58 Å². The first-order valence-electron chi connectivity index (χ1n) is 11.2. The van der Waals surface area contributed by atoms with Crippen molar-refractivity contribution in [3.05, 3.63) is 78.4 Å². The van der Waals surface area contributed by atoms with Crippen LogP contribution in [-0.2, 0) is 17.8 Å². The molecule has 1 aliphatic rings. The molecule has 1 aromatic heterocycles. The van der Waals surface area contributed by atoms with Crippen molar-refractivity contribution < 1.29 is 23.7 Å². The SMILES string of the molecule is O[C@]1(COc2ccc(F)cc2)COCCN(Cc2cccc(OCCCn3cccn3)c2)C1. The van der Waals surface area contributed by atoms with E-state index in [0.29, 0.717) is 38.6 Å². The van der Waals surface area contributed by atoms with Crippen LogP contribution in [0.4, 0.5) is 4.39 Å². The van der Waals surface area contributed by atoms with E-state index in [9.17, 15) is 9.50 Å². The first-order chi connectivity index (χ1) is 16.1. The van der Waals surface area contributed by atoms with Crippen LogP contribution in [-0.4, -0.2) is 64.9 Å². The maximum atomic E-state index is 13.1. The number of aliphatic hydroxyl groups is 1. The highest BCUT2D eigenvalue weighted by Gasteiger charge is 2.33. The molecular weight excluding hydrogens is 425 g/mol. The minimum Gasteiger partial charge on any atom is -0.494 e. The zero-order valence-electron chi connectivity index (χ0n) is 18.6. The Morgan fingerprint density at radius 3 is 2.79 bits per heavy atom. The van der Waals surface area contributed by atoms with Crippen LogP contribution in [0, 0.1) is 5.82 Å². The normalized spacial score (nSPS) is 19.2. The second kappa shape index (κ2) is 11.3. The number of aromatic nitrogens is 2. The van der Waals surface area contributed by atoms with E-state index in [1.54, 1.807) is 18.3 Å². The first-order valence-corrected chi connectivity index (χ1v) is 11.2. The summed E-state index contributed by atoms with van der Waals surface area (Å²) in [6.45, 7) is 3.98. The van der Waals surface area contributed by atoms with Crippen LogP contribution >= 0.6 is 0 Å². The van der Waals surface area contributed by atoms with Crippen molar-refractivity contribution in [1.29, 1.82) is 0 Å². The number of aryl methyl sites for hydroxylation is 1.